The average Bonchev–Trinajstić information content (AvgIpc) is 2.38. The van der Waals surface area contributed by atoms with Gasteiger partial charge in [-0.3, -0.25) is 9.80 Å². The molecule has 0 radical (unpaired) electrons. The Kier molecular flexibility index (Phi) is 4.82. The van der Waals surface area contributed by atoms with Gasteiger partial charge in [-0.2, -0.15) is 0 Å². The fourth-order valence-electron chi connectivity index (χ4n) is 2.56. The van der Waals surface area contributed by atoms with E-state index in [0.717, 1.165) is 13.1 Å². The molecule has 1 saturated heterocycles. The van der Waals surface area contributed by atoms with Crippen molar-refractivity contribution in [2.24, 2.45) is 0 Å². The SMILES string of the molecule is CN(CCN1CCNCC1)C1C=CCCC1. The highest BCUT2D eigenvalue weighted by atomic mass is 15.2. The summed E-state index contributed by atoms with van der Waals surface area (Å²) in [5.41, 5.74) is 0. The summed E-state index contributed by atoms with van der Waals surface area (Å²) in [6.45, 7) is 7.18. The molecule has 0 aromatic heterocycles. The van der Waals surface area contributed by atoms with E-state index in [1.165, 1.54) is 45.4 Å². The normalized spacial score (nSPS) is 27.5. The Morgan fingerprint density at radius 1 is 1.38 bits per heavy atom. The van der Waals surface area contributed by atoms with E-state index in [4.69, 9.17) is 0 Å². The third-order valence-corrected chi connectivity index (χ3v) is 3.77. The summed E-state index contributed by atoms with van der Waals surface area (Å²) in [5.74, 6) is 0. The number of rotatable bonds is 4. The Balaban J connectivity index is 1.67. The highest BCUT2D eigenvalue weighted by Gasteiger charge is 2.15. The highest BCUT2D eigenvalue weighted by Crippen LogP contribution is 2.14. The molecule has 1 heterocycles. The summed E-state index contributed by atoms with van der Waals surface area (Å²) >= 11 is 0. The van der Waals surface area contributed by atoms with Crippen LogP contribution in [0.4, 0.5) is 0 Å². The minimum Gasteiger partial charge on any atom is -0.314 e. The van der Waals surface area contributed by atoms with E-state index < -0.39 is 0 Å². The smallest absolute Gasteiger partial charge is 0.0275 e. The molecule has 2 rings (SSSR count). The lowest BCUT2D eigenvalue weighted by molar-refractivity contribution is 0.185. The molecular formula is C13H25N3. The predicted octanol–water partition coefficient (Wildman–Crippen LogP) is 0.932. The Labute approximate surface area is 99.5 Å². The van der Waals surface area contributed by atoms with Gasteiger partial charge in [-0.25, -0.2) is 0 Å². The molecule has 0 spiro atoms. The number of allylic oxidation sites excluding steroid dienone is 1. The fourth-order valence-corrected chi connectivity index (χ4v) is 2.56. The molecule has 1 unspecified atom stereocenters. The molecule has 1 N–H and O–H groups in total. The molecular weight excluding hydrogens is 198 g/mol. The van der Waals surface area contributed by atoms with Crippen LogP contribution in [0.5, 0.6) is 0 Å². The van der Waals surface area contributed by atoms with Crippen LogP contribution in [0.25, 0.3) is 0 Å². The quantitative estimate of drug-likeness (QED) is 0.715. The van der Waals surface area contributed by atoms with E-state index in [9.17, 15) is 0 Å². The van der Waals surface area contributed by atoms with E-state index >= 15 is 0 Å². The minimum atomic E-state index is 0.691. The van der Waals surface area contributed by atoms with Gasteiger partial charge in [0.05, 0.1) is 0 Å². The molecule has 1 aliphatic carbocycles. The van der Waals surface area contributed by atoms with E-state index in [1.807, 2.05) is 0 Å². The average molecular weight is 223 g/mol. The van der Waals surface area contributed by atoms with Gasteiger partial charge in [0, 0.05) is 45.3 Å². The number of nitrogens with one attached hydrogen (secondary N) is 1. The van der Waals surface area contributed by atoms with Crippen LogP contribution in [-0.2, 0) is 0 Å². The number of likely N-dealkylation sites (N-methyl/N-ethyl adjacent to an activating group) is 1. The van der Waals surface area contributed by atoms with Crippen molar-refractivity contribution in [3.05, 3.63) is 12.2 Å². The first kappa shape index (κ1) is 12.1. The van der Waals surface area contributed by atoms with Crippen LogP contribution in [0, 0.1) is 0 Å². The molecule has 1 fully saturated rings. The lowest BCUT2D eigenvalue weighted by atomic mass is 10.0. The van der Waals surface area contributed by atoms with Crippen LogP contribution in [0.1, 0.15) is 19.3 Å². The van der Waals surface area contributed by atoms with E-state index in [1.54, 1.807) is 0 Å². The molecule has 1 atom stereocenters. The van der Waals surface area contributed by atoms with Gasteiger partial charge < -0.3 is 5.32 Å². The van der Waals surface area contributed by atoms with Crippen molar-refractivity contribution in [3.63, 3.8) is 0 Å². The maximum absolute atomic E-state index is 3.40. The molecule has 3 heteroatoms. The Hall–Kier alpha value is -0.380. The van der Waals surface area contributed by atoms with Crippen molar-refractivity contribution in [3.8, 4) is 0 Å². The van der Waals surface area contributed by atoms with E-state index in [2.05, 4.69) is 34.3 Å². The molecule has 1 aliphatic heterocycles. The monoisotopic (exact) mass is 223 g/mol. The number of hydrogen-bond acceptors (Lipinski definition) is 3. The van der Waals surface area contributed by atoms with Crippen LogP contribution in [-0.4, -0.2) is 62.2 Å². The maximum Gasteiger partial charge on any atom is 0.0275 e. The van der Waals surface area contributed by atoms with Crippen LogP contribution in [0.2, 0.25) is 0 Å². The zero-order valence-electron chi connectivity index (χ0n) is 10.5. The number of piperazine rings is 1. The first-order valence-corrected chi connectivity index (χ1v) is 6.66. The van der Waals surface area contributed by atoms with Crippen molar-refractivity contribution < 1.29 is 0 Å². The molecule has 2 aliphatic rings. The van der Waals surface area contributed by atoms with Crippen molar-refractivity contribution in [1.29, 1.82) is 0 Å². The van der Waals surface area contributed by atoms with E-state index in [-0.39, 0.29) is 0 Å². The summed E-state index contributed by atoms with van der Waals surface area (Å²) in [7, 11) is 2.27. The van der Waals surface area contributed by atoms with Gasteiger partial charge in [-0.1, -0.05) is 12.2 Å². The van der Waals surface area contributed by atoms with Gasteiger partial charge >= 0.3 is 0 Å². The third-order valence-electron chi connectivity index (χ3n) is 3.77. The largest absolute Gasteiger partial charge is 0.314 e. The third kappa shape index (κ3) is 3.58. The molecule has 92 valence electrons. The zero-order chi connectivity index (χ0) is 11.2. The topological polar surface area (TPSA) is 18.5 Å². The van der Waals surface area contributed by atoms with Gasteiger partial charge in [0.25, 0.3) is 0 Å². The van der Waals surface area contributed by atoms with Crippen molar-refractivity contribution in [2.45, 2.75) is 25.3 Å². The first-order valence-electron chi connectivity index (χ1n) is 6.66. The second kappa shape index (κ2) is 6.38. The van der Waals surface area contributed by atoms with Crippen molar-refractivity contribution >= 4 is 0 Å². The summed E-state index contributed by atoms with van der Waals surface area (Å²) < 4.78 is 0. The summed E-state index contributed by atoms with van der Waals surface area (Å²) in [6.07, 6.45) is 8.71. The van der Waals surface area contributed by atoms with Gasteiger partial charge in [0.15, 0.2) is 0 Å². The second-order valence-electron chi connectivity index (χ2n) is 5.00. The summed E-state index contributed by atoms with van der Waals surface area (Å²) in [4.78, 5) is 5.08. The van der Waals surface area contributed by atoms with Gasteiger partial charge in [-0.15, -0.1) is 0 Å². The Morgan fingerprint density at radius 3 is 2.88 bits per heavy atom. The molecule has 16 heavy (non-hydrogen) atoms. The van der Waals surface area contributed by atoms with Crippen LogP contribution in [0.15, 0.2) is 12.2 Å². The minimum absolute atomic E-state index is 0.691. The summed E-state index contributed by atoms with van der Waals surface area (Å²) in [5, 5.41) is 3.40. The lowest BCUT2D eigenvalue weighted by Crippen LogP contribution is -2.46. The Bertz CT molecular complexity index is 221. The predicted molar refractivity (Wildman–Crippen MR) is 68.7 cm³/mol. The maximum atomic E-state index is 3.40. The molecule has 3 nitrogen and oxygen atoms in total. The van der Waals surface area contributed by atoms with Crippen LogP contribution < -0.4 is 5.32 Å². The second-order valence-corrected chi connectivity index (χ2v) is 5.00. The molecule has 0 saturated carbocycles. The molecule has 0 bridgehead atoms. The van der Waals surface area contributed by atoms with Gasteiger partial charge in [0.2, 0.25) is 0 Å². The highest BCUT2D eigenvalue weighted by molar-refractivity contribution is 4.98. The number of hydrogen-bond donors (Lipinski definition) is 1. The zero-order valence-corrected chi connectivity index (χ0v) is 10.5. The lowest BCUT2D eigenvalue weighted by Gasteiger charge is -2.32. The summed E-state index contributed by atoms with van der Waals surface area (Å²) in [6, 6.07) is 0.691. The first-order chi connectivity index (χ1) is 7.86. The standard InChI is InChI=1S/C13H25N3/c1-15(13-5-3-2-4-6-13)11-12-16-9-7-14-8-10-16/h3,5,13-14H,2,4,6-12H2,1H3. The van der Waals surface area contributed by atoms with Gasteiger partial charge in [0.1, 0.15) is 0 Å². The fraction of sp³-hybridized carbons (Fsp3) is 0.846. The van der Waals surface area contributed by atoms with Crippen LogP contribution in [0.3, 0.4) is 0 Å². The van der Waals surface area contributed by atoms with Gasteiger partial charge in [-0.05, 0) is 26.3 Å². The molecule has 0 aromatic rings. The van der Waals surface area contributed by atoms with E-state index in [0.29, 0.717) is 6.04 Å². The molecule has 0 amide bonds. The van der Waals surface area contributed by atoms with Crippen molar-refractivity contribution in [2.75, 3.05) is 46.3 Å². The number of nitrogens with zero attached hydrogens (tertiary/aromatic N) is 2. The molecule has 0 aromatic carbocycles. The van der Waals surface area contributed by atoms with Crippen LogP contribution >= 0.6 is 0 Å². The Morgan fingerprint density at radius 2 is 2.19 bits per heavy atom. The van der Waals surface area contributed by atoms with Crippen molar-refractivity contribution in [1.82, 2.24) is 15.1 Å².